The summed E-state index contributed by atoms with van der Waals surface area (Å²) in [4.78, 5) is 25.6. The largest absolute Gasteiger partial charge is 0.483 e. The second-order valence-corrected chi connectivity index (χ2v) is 5.75. The zero-order chi connectivity index (χ0) is 14.9. The van der Waals surface area contributed by atoms with E-state index in [1.54, 1.807) is 0 Å². The molecule has 2 unspecified atom stereocenters. The van der Waals surface area contributed by atoms with Crippen LogP contribution in [0.1, 0.15) is 0 Å². The van der Waals surface area contributed by atoms with E-state index in [4.69, 9.17) is 34.4 Å². The normalized spacial score (nSPS) is 17.1. The Labute approximate surface area is 108 Å². The molecule has 13 heteroatoms. The molecular formula is C6H16O11P2. The summed E-state index contributed by atoms with van der Waals surface area (Å²) in [7, 11) is -10.3. The summed E-state index contributed by atoms with van der Waals surface area (Å²) in [6.07, 6.45) is -1.62. The third-order valence-electron chi connectivity index (χ3n) is 1.38. The Kier molecular flexibility index (Phi) is 9.16. The Morgan fingerprint density at radius 3 is 2.11 bits per heavy atom. The molecule has 0 saturated carbocycles. The van der Waals surface area contributed by atoms with Gasteiger partial charge < -0.3 is 34.4 Å². The summed E-state index contributed by atoms with van der Waals surface area (Å²) < 4.78 is 38.7. The van der Waals surface area contributed by atoms with Gasteiger partial charge in [-0.15, -0.1) is 0 Å². The third kappa shape index (κ3) is 11.6. The molecule has 0 bridgehead atoms. The fourth-order valence-electron chi connectivity index (χ4n) is 0.824. The molecule has 0 fully saturated rings. The van der Waals surface area contributed by atoms with E-state index < -0.39 is 28.5 Å². The molecule has 2 atom stereocenters. The van der Waals surface area contributed by atoms with E-state index in [0.717, 1.165) is 0 Å². The van der Waals surface area contributed by atoms with Crippen LogP contribution in [0.2, 0.25) is 0 Å². The van der Waals surface area contributed by atoms with Crippen molar-refractivity contribution >= 4 is 15.6 Å². The van der Waals surface area contributed by atoms with E-state index in [0.29, 0.717) is 0 Å². The molecule has 0 aliphatic rings. The van der Waals surface area contributed by atoms with Crippen LogP contribution in [0, 0.1) is 0 Å². The maximum absolute atomic E-state index is 11.1. The second kappa shape index (κ2) is 9.11. The van der Waals surface area contributed by atoms with Gasteiger partial charge in [-0.25, -0.2) is 9.13 Å². The van der Waals surface area contributed by atoms with Crippen molar-refractivity contribution in [3.8, 4) is 0 Å². The van der Waals surface area contributed by atoms with E-state index in [9.17, 15) is 9.13 Å². The van der Waals surface area contributed by atoms with Gasteiger partial charge in [0.2, 0.25) is 0 Å². The highest BCUT2D eigenvalue weighted by atomic mass is 31.3. The number of aliphatic hydroxyl groups excluding tert-OH is 2. The van der Waals surface area contributed by atoms with Crippen LogP contribution in [0.4, 0.5) is 0 Å². The molecule has 0 saturated heterocycles. The van der Waals surface area contributed by atoms with Crippen LogP contribution < -0.4 is 0 Å². The van der Waals surface area contributed by atoms with Gasteiger partial charge in [0.25, 0.3) is 0 Å². The van der Waals surface area contributed by atoms with Crippen LogP contribution in [-0.4, -0.2) is 64.2 Å². The summed E-state index contributed by atoms with van der Waals surface area (Å²) in [5.74, 6) is 0. The predicted molar refractivity (Wildman–Crippen MR) is 58.8 cm³/mol. The first kappa shape index (κ1) is 19.1. The first-order chi connectivity index (χ1) is 8.70. The lowest BCUT2D eigenvalue weighted by Crippen LogP contribution is -2.23. The Hall–Kier alpha value is 0.1000. The zero-order valence-electron chi connectivity index (χ0n) is 9.69. The average Bonchev–Trinajstić information content (AvgIpc) is 2.23. The quantitative estimate of drug-likeness (QED) is 0.171. The van der Waals surface area contributed by atoms with Crippen molar-refractivity contribution in [2.75, 3.05) is 33.0 Å². The molecule has 0 amide bonds. The van der Waals surface area contributed by atoms with Gasteiger partial charge in [0.05, 0.1) is 33.0 Å². The topological polar surface area (TPSA) is 172 Å². The SMILES string of the molecule is O=P(O)(O)OP(=O)(O)OC(CO)OCCOCCO. The minimum Gasteiger partial charge on any atom is -0.394 e. The lowest BCUT2D eigenvalue weighted by molar-refractivity contribution is -0.127. The molecule has 0 radical (unpaired) electrons. The number of rotatable bonds is 11. The molecule has 0 rings (SSSR count). The van der Waals surface area contributed by atoms with E-state index in [1.807, 2.05) is 0 Å². The Balaban J connectivity index is 4.10. The van der Waals surface area contributed by atoms with Gasteiger partial charge in [-0.3, -0.25) is 4.52 Å². The van der Waals surface area contributed by atoms with Crippen molar-refractivity contribution in [1.29, 1.82) is 0 Å². The van der Waals surface area contributed by atoms with Crippen molar-refractivity contribution in [2.45, 2.75) is 6.29 Å². The Morgan fingerprint density at radius 2 is 1.63 bits per heavy atom. The van der Waals surface area contributed by atoms with Crippen molar-refractivity contribution in [3.05, 3.63) is 0 Å². The third-order valence-corrected chi connectivity index (χ3v) is 3.55. The summed E-state index contributed by atoms with van der Waals surface area (Å²) >= 11 is 0. The van der Waals surface area contributed by atoms with Crippen LogP contribution in [0.5, 0.6) is 0 Å². The number of hydrogen-bond donors (Lipinski definition) is 5. The standard InChI is InChI=1S/C6H16O11P2/c7-1-2-14-3-4-15-6(5-8)16-19(12,13)17-18(9,10)11/h6-8H,1-5H2,(H,12,13)(H2,9,10,11). The maximum Gasteiger partial charge on any atom is 0.483 e. The minimum absolute atomic E-state index is 0.00942. The van der Waals surface area contributed by atoms with Crippen LogP contribution in [0.3, 0.4) is 0 Å². The number of phosphoric acid groups is 2. The van der Waals surface area contributed by atoms with Crippen LogP contribution in [0.25, 0.3) is 0 Å². The van der Waals surface area contributed by atoms with Gasteiger partial charge in [-0.05, 0) is 0 Å². The van der Waals surface area contributed by atoms with E-state index in [2.05, 4.69) is 8.83 Å². The van der Waals surface area contributed by atoms with E-state index in [1.165, 1.54) is 0 Å². The molecule has 0 heterocycles. The first-order valence-electron chi connectivity index (χ1n) is 4.89. The van der Waals surface area contributed by atoms with Crippen LogP contribution in [-0.2, 0) is 27.4 Å². The Morgan fingerprint density at radius 1 is 1.00 bits per heavy atom. The minimum atomic E-state index is -5.22. The molecule has 11 nitrogen and oxygen atoms in total. The number of phosphoric ester groups is 1. The predicted octanol–water partition coefficient (Wildman–Crippen LogP) is -1.44. The smallest absolute Gasteiger partial charge is 0.394 e. The summed E-state index contributed by atoms with van der Waals surface area (Å²) in [6.45, 7) is -1.12. The molecule has 0 spiro atoms. The lowest BCUT2D eigenvalue weighted by Gasteiger charge is -2.19. The van der Waals surface area contributed by atoms with Crippen LogP contribution >= 0.6 is 15.6 Å². The molecule has 19 heavy (non-hydrogen) atoms. The lowest BCUT2D eigenvalue weighted by atomic mass is 10.6. The van der Waals surface area contributed by atoms with Gasteiger partial charge in [-0.1, -0.05) is 0 Å². The van der Waals surface area contributed by atoms with Gasteiger partial charge in [0.1, 0.15) is 0 Å². The zero-order valence-corrected chi connectivity index (χ0v) is 11.5. The highest BCUT2D eigenvalue weighted by molar-refractivity contribution is 7.60. The number of ether oxygens (including phenoxy) is 2. The molecule has 0 aliphatic heterocycles. The van der Waals surface area contributed by atoms with Gasteiger partial charge in [-0.2, -0.15) is 4.31 Å². The van der Waals surface area contributed by atoms with Crippen molar-refractivity contribution < 1.29 is 52.3 Å². The van der Waals surface area contributed by atoms with Crippen molar-refractivity contribution in [3.63, 3.8) is 0 Å². The fourth-order valence-corrected chi connectivity index (χ4v) is 2.48. The monoisotopic (exact) mass is 326 g/mol. The van der Waals surface area contributed by atoms with Gasteiger partial charge in [0, 0.05) is 0 Å². The van der Waals surface area contributed by atoms with Crippen molar-refractivity contribution in [1.82, 2.24) is 0 Å². The first-order valence-corrected chi connectivity index (χ1v) is 7.92. The highest BCUT2D eigenvalue weighted by Crippen LogP contribution is 2.58. The average molecular weight is 326 g/mol. The summed E-state index contributed by atoms with van der Waals surface area (Å²) in [5, 5.41) is 17.2. The van der Waals surface area contributed by atoms with E-state index >= 15 is 0 Å². The maximum atomic E-state index is 11.1. The fraction of sp³-hybridized carbons (Fsp3) is 1.00. The van der Waals surface area contributed by atoms with Gasteiger partial charge >= 0.3 is 15.6 Å². The second-order valence-electron chi connectivity index (χ2n) is 2.97. The van der Waals surface area contributed by atoms with Crippen molar-refractivity contribution in [2.24, 2.45) is 0 Å². The number of hydrogen-bond acceptors (Lipinski definition) is 8. The molecule has 0 aromatic heterocycles. The van der Waals surface area contributed by atoms with Gasteiger partial charge in [0.15, 0.2) is 6.29 Å². The Bertz CT molecular complexity index is 327. The number of aliphatic hydroxyl groups is 2. The molecule has 5 N–H and O–H groups in total. The van der Waals surface area contributed by atoms with E-state index in [-0.39, 0.29) is 26.4 Å². The molecule has 0 aromatic carbocycles. The molecule has 0 aromatic rings. The summed E-state index contributed by atoms with van der Waals surface area (Å²) in [5.41, 5.74) is 0. The summed E-state index contributed by atoms with van der Waals surface area (Å²) in [6, 6.07) is 0. The molecule has 116 valence electrons. The molecule has 0 aliphatic carbocycles. The highest BCUT2D eigenvalue weighted by Gasteiger charge is 2.35. The van der Waals surface area contributed by atoms with Crippen LogP contribution in [0.15, 0.2) is 0 Å². The molecular weight excluding hydrogens is 310 g/mol.